The van der Waals surface area contributed by atoms with Crippen molar-refractivity contribution >= 4 is 15.9 Å². The zero-order valence-electron chi connectivity index (χ0n) is 10.9. The summed E-state index contributed by atoms with van der Waals surface area (Å²) in [5, 5.41) is 2.47. The molecule has 0 heterocycles. The Morgan fingerprint density at radius 1 is 1.32 bits per heavy atom. The minimum Gasteiger partial charge on any atom is -0.359 e. The molecule has 0 saturated carbocycles. The second kappa shape index (κ2) is 6.63. The molecule has 1 rings (SSSR count). The number of hydrogen-bond acceptors (Lipinski definition) is 3. The summed E-state index contributed by atoms with van der Waals surface area (Å²) in [5.74, 6) is -0.617. The Labute approximate surface area is 112 Å². The summed E-state index contributed by atoms with van der Waals surface area (Å²) in [6, 6.07) is 4.65. The van der Waals surface area contributed by atoms with Crippen molar-refractivity contribution < 1.29 is 17.6 Å². The van der Waals surface area contributed by atoms with Crippen molar-refractivity contribution in [2.45, 2.75) is 17.7 Å². The molecule has 1 aromatic carbocycles. The van der Waals surface area contributed by atoms with Gasteiger partial charge in [0.05, 0.1) is 4.90 Å². The van der Waals surface area contributed by atoms with Gasteiger partial charge in [-0.2, -0.15) is 0 Å². The SMILES string of the molecule is CNC(=O)CCCN(C)S(=O)(=O)c1ccc(F)cc1. The van der Waals surface area contributed by atoms with Crippen molar-refractivity contribution in [3.63, 3.8) is 0 Å². The number of amides is 1. The third kappa shape index (κ3) is 4.29. The number of carbonyl (C=O) groups is 1. The van der Waals surface area contributed by atoms with Gasteiger partial charge in [0.15, 0.2) is 0 Å². The van der Waals surface area contributed by atoms with Crippen molar-refractivity contribution in [2.24, 2.45) is 0 Å². The molecule has 0 aliphatic rings. The zero-order valence-corrected chi connectivity index (χ0v) is 11.7. The maximum Gasteiger partial charge on any atom is 0.242 e. The fraction of sp³-hybridized carbons (Fsp3) is 0.417. The molecule has 0 atom stereocenters. The number of sulfonamides is 1. The lowest BCUT2D eigenvalue weighted by Crippen LogP contribution is -2.29. The van der Waals surface area contributed by atoms with Crippen LogP contribution in [-0.2, 0) is 14.8 Å². The van der Waals surface area contributed by atoms with E-state index in [0.29, 0.717) is 6.42 Å². The van der Waals surface area contributed by atoms with E-state index in [-0.39, 0.29) is 23.8 Å². The largest absolute Gasteiger partial charge is 0.359 e. The molecule has 0 aliphatic carbocycles. The molecule has 0 aliphatic heterocycles. The quantitative estimate of drug-likeness (QED) is 0.848. The maximum absolute atomic E-state index is 12.8. The van der Waals surface area contributed by atoms with E-state index in [1.54, 1.807) is 0 Å². The van der Waals surface area contributed by atoms with Gasteiger partial charge in [-0.1, -0.05) is 0 Å². The Kier molecular flexibility index (Phi) is 5.44. The first-order chi connectivity index (χ1) is 8.87. The van der Waals surface area contributed by atoms with E-state index in [0.717, 1.165) is 16.4 Å². The Hall–Kier alpha value is -1.47. The lowest BCUT2D eigenvalue weighted by atomic mass is 10.3. The van der Waals surface area contributed by atoms with Crippen molar-refractivity contribution in [1.82, 2.24) is 9.62 Å². The van der Waals surface area contributed by atoms with E-state index in [1.165, 1.54) is 26.2 Å². The van der Waals surface area contributed by atoms with Crippen LogP contribution >= 0.6 is 0 Å². The Bertz CT molecular complexity index is 528. The van der Waals surface area contributed by atoms with Crippen molar-refractivity contribution in [1.29, 1.82) is 0 Å². The summed E-state index contributed by atoms with van der Waals surface area (Å²) < 4.78 is 38.1. The van der Waals surface area contributed by atoms with Crippen LogP contribution in [0, 0.1) is 5.82 Å². The summed E-state index contributed by atoms with van der Waals surface area (Å²) in [4.78, 5) is 11.1. The summed E-state index contributed by atoms with van der Waals surface area (Å²) in [7, 11) is -0.663. The molecule has 7 heteroatoms. The summed E-state index contributed by atoms with van der Waals surface area (Å²) in [5.41, 5.74) is 0. The lowest BCUT2D eigenvalue weighted by Gasteiger charge is -2.16. The molecule has 0 aromatic heterocycles. The first-order valence-corrected chi connectivity index (χ1v) is 7.24. The number of halogens is 1. The fourth-order valence-corrected chi connectivity index (χ4v) is 2.70. The Morgan fingerprint density at radius 3 is 2.42 bits per heavy atom. The van der Waals surface area contributed by atoms with Gasteiger partial charge in [-0.25, -0.2) is 17.1 Å². The second-order valence-corrected chi connectivity index (χ2v) is 6.10. The first-order valence-electron chi connectivity index (χ1n) is 5.80. The van der Waals surface area contributed by atoms with Crippen LogP contribution in [0.25, 0.3) is 0 Å². The highest BCUT2D eigenvalue weighted by Crippen LogP contribution is 2.15. The van der Waals surface area contributed by atoms with E-state index in [4.69, 9.17) is 0 Å². The molecule has 0 radical (unpaired) electrons. The number of benzene rings is 1. The average Bonchev–Trinajstić information content (AvgIpc) is 2.38. The second-order valence-electron chi connectivity index (χ2n) is 4.06. The number of rotatable bonds is 6. The van der Waals surface area contributed by atoms with Crippen molar-refractivity contribution in [2.75, 3.05) is 20.6 Å². The smallest absolute Gasteiger partial charge is 0.242 e. The molecule has 0 saturated heterocycles. The predicted octanol–water partition coefficient (Wildman–Crippen LogP) is 0.972. The van der Waals surface area contributed by atoms with Gasteiger partial charge in [0.1, 0.15) is 5.82 Å². The summed E-state index contributed by atoms with van der Waals surface area (Å²) in [6.07, 6.45) is 0.691. The molecule has 1 amide bonds. The molecule has 5 nitrogen and oxygen atoms in total. The molecule has 1 N–H and O–H groups in total. The van der Waals surface area contributed by atoms with E-state index in [2.05, 4.69) is 5.32 Å². The lowest BCUT2D eigenvalue weighted by molar-refractivity contribution is -0.120. The third-order valence-electron chi connectivity index (χ3n) is 2.68. The molecule has 0 spiro atoms. The summed E-state index contributed by atoms with van der Waals surface area (Å²) >= 11 is 0. The Morgan fingerprint density at radius 2 is 1.89 bits per heavy atom. The monoisotopic (exact) mass is 288 g/mol. The molecular weight excluding hydrogens is 271 g/mol. The molecular formula is C12H17FN2O3S. The van der Waals surface area contributed by atoms with Crippen LogP contribution in [0.1, 0.15) is 12.8 Å². The van der Waals surface area contributed by atoms with Crippen LogP contribution in [0.3, 0.4) is 0 Å². The van der Waals surface area contributed by atoms with Gasteiger partial charge in [-0.3, -0.25) is 4.79 Å². The van der Waals surface area contributed by atoms with Crippen LogP contribution in [0.2, 0.25) is 0 Å². The molecule has 0 bridgehead atoms. The maximum atomic E-state index is 12.8. The van der Waals surface area contributed by atoms with Gasteiger partial charge in [0.2, 0.25) is 15.9 Å². The minimum absolute atomic E-state index is 0.0383. The van der Waals surface area contributed by atoms with Gasteiger partial charge < -0.3 is 5.32 Å². The molecule has 19 heavy (non-hydrogen) atoms. The van der Waals surface area contributed by atoms with E-state index in [1.807, 2.05) is 0 Å². The zero-order chi connectivity index (χ0) is 14.5. The number of nitrogens with zero attached hydrogens (tertiary/aromatic N) is 1. The molecule has 0 unspecified atom stereocenters. The number of carbonyl (C=O) groups excluding carboxylic acids is 1. The van der Waals surface area contributed by atoms with Gasteiger partial charge in [0.25, 0.3) is 0 Å². The van der Waals surface area contributed by atoms with Gasteiger partial charge in [-0.15, -0.1) is 0 Å². The van der Waals surface area contributed by atoms with Crippen LogP contribution in [0.15, 0.2) is 29.2 Å². The predicted molar refractivity (Wildman–Crippen MR) is 69.5 cm³/mol. The topological polar surface area (TPSA) is 66.5 Å². The van der Waals surface area contributed by atoms with E-state index < -0.39 is 15.8 Å². The van der Waals surface area contributed by atoms with Crippen molar-refractivity contribution in [3.05, 3.63) is 30.1 Å². The highest BCUT2D eigenvalue weighted by Gasteiger charge is 2.20. The van der Waals surface area contributed by atoms with Crippen LogP contribution in [0.4, 0.5) is 4.39 Å². The highest BCUT2D eigenvalue weighted by molar-refractivity contribution is 7.89. The van der Waals surface area contributed by atoms with Crippen LogP contribution < -0.4 is 5.32 Å². The van der Waals surface area contributed by atoms with Gasteiger partial charge >= 0.3 is 0 Å². The van der Waals surface area contributed by atoms with Crippen LogP contribution in [-0.4, -0.2) is 39.3 Å². The fourth-order valence-electron chi connectivity index (χ4n) is 1.49. The van der Waals surface area contributed by atoms with Crippen molar-refractivity contribution in [3.8, 4) is 0 Å². The number of nitrogens with one attached hydrogen (secondary N) is 1. The Balaban J connectivity index is 2.67. The molecule has 106 valence electrons. The van der Waals surface area contributed by atoms with E-state index in [9.17, 15) is 17.6 Å². The van der Waals surface area contributed by atoms with Gasteiger partial charge in [-0.05, 0) is 30.7 Å². The van der Waals surface area contributed by atoms with E-state index >= 15 is 0 Å². The summed E-state index contributed by atoms with van der Waals surface area (Å²) in [6.45, 7) is 0.229. The standard InChI is InChI=1S/C12H17FN2O3S/c1-14-12(16)4-3-9-15(2)19(17,18)11-7-5-10(13)6-8-11/h5-8H,3-4,9H2,1-2H3,(H,14,16). The van der Waals surface area contributed by atoms with Gasteiger partial charge in [0, 0.05) is 27.1 Å². The first kappa shape index (κ1) is 15.6. The minimum atomic E-state index is -3.63. The average molecular weight is 288 g/mol. The highest BCUT2D eigenvalue weighted by atomic mass is 32.2. The molecule has 0 fully saturated rings. The van der Waals surface area contributed by atoms with Crippen LogP contribution in [0.5, 0.6) is 0 Å². The number of hydrogen-bond donors (Lipinski definition) is 1. The molecule has 1 aromatic rings. The normalized spacial score (nSPS) is 11.6. The third-order valence-corrected chi connectivity index (χ3v) is 4.55.